The van der Waals surface area contributed by atoms with Crippen molar-refractivity contribution in [3.63, 3.8) is 0 Å². The van der Waals surface area contributed by atoms with Crippen LogP contribution >= 0.6 is 16.2 Å². The van der Waals surface area contributed by atoms with E-state index in [1.807, 2.05) is 243 Å². The summed E-state index contributed by atoms with van der Waals surface area (Å²) in [6.07, 6.45) is 0. The van der Waals surface area contributed by atoms with E-state index in [2.05, 4.69) is 0 Å². The monoisotopic (exact) mass is 828 g/mol. The number of hydrogen-bond acceptors (Lipinski definition) is 6. The van der Waals surface area contributed by atoms with Crippen molar-refractivity contribution < 1.29 is 27.1 Å². The first-order valence-corrected chi connectivity index (χ1v) is 22.4. The van der Waals surface area contributed by atoms with Gasteiger partial charge in [0.1, 0.15) is 0 Å². The fraction of sp³-hybridized carbons (Fsp3) is 0.0400. The summed E-state index contributed by atoms with van der Waals surface area (Å²) >= 11 is 0. The fourth-order valence-corrected chi connectivity index (χ4v) is 10.1. The van der Waals surface area contributed by atoms with Gasteiger partial charge in [0.15, 0.2) is 34.5 Å². The normalized spacial score (nSPS) is 12.3. The molecule has 0 amide bonds. The Kier molecular flexibility index (Phi) is 13.3. The van der Waals surface area contributed by atoms with Gasteiger partial charge in [-0.25, -0.2) is 0 Å². The molecule has 2 unspecified atom stereocenters. The number of hydrogen-bond donors (Lipinski definition) is 0. The summed E-state index contributed by atoms with van der Waals surface area (Å²) < 4.78 is 41.6. The molecule has 8 nitrogen and oxygen atoms in total. The number of nitrogens with zero attached hydrogens (tertiary/aromatic N) is 2. The van der Waals surface area contributed by atoms with Gasteiger partial charge in [-0.2, -0.15) is 0 Å². The molecule has 0 saturated carbocycles. The van der Waals surface area contributed by atoms with E-state index < -0.39 is 28.3 Å². The molecule has 0 saturated heterocycles. The molecule has 0 bridgehead atoms. The van der Waals surface area contributed by atoms with Crippen molar-refractivity contribution in [3.05, 3.63) is 264 Å². The fourth-order valence-electron chi connectivity index (χ4n) is 6.17. The first-order chi connectivity index (χ1) is 29.6. The zero-order valence-electron chi connectivity index (χ0n) is 32.5. The minimum Gasteiger partial charge on any atom is -0.380 e. The molecule has 60 heavy (non-hydrogen) atoms. The highest BCUT2D eigenvalue weighted by Crippen LogP contribution is 2.74. The highest BCUT2D eigenvalue weighted by molar-refractivity contribution is 7.66. The Hall–Kier alpha value is -6.66. The lowest BCUT2D eigenvalue weighted by atomic mass is 9.95. The third-order valence-electron chi connectivity index (χ3n) is 8.90. The van der Waals surface area contributed by atoms with Crippen LogP contribution < -0.4 is 27.1 Å². The molecule has 8 aromatic carbocycles. The SMILES string of the molecule is c1ccc(O[P+]([N-]C(c2ccccc2)C([N-][P+](Oc2ccccc2)(Oc2ccccc2)Oc2ccccc2)c2ccccc2)(Oc2ccccc2)Oc2ccccc2)cc1. The van der Waals surface area contributed by atoms with Crippen molar-refractivity contribution in [3.8, 4) is 34.5 Å². The summed E-state index contributed by atoms with van der Waals surface area (Å²) in [6.45, 7) is 0. The molecule has 0 heterocycles. The van der Waals surface area contributed by atoms with Gasteiger partial charge < -0.3 is 10.2 Å². The van der Waals surface area contributed by atoms with E-state index in [4.69, 9.17) is 37.3 Å². The zero-order valence-corrected chi connectivity index (χ0v) is 34.3. The van der Waals surface area contributed by atoms with Gasteiger partial charge in [0, 0.05) is 0 Å². The number of benzene rings is 8. The average molecular weight is 829 g/mol. The molecule has 0 aromatic heterocycles. The average Bonchev–Trinajstić information content (AvgIpc) is 3.30. The smallest absolute Gasteiger partial charge is 0.380 e. The Morgan fingerprint density at radius 1 is 0.233 bits per heavy atom. The topological polar surface area (TPSA) is 83.6 Å². The summed E-state index contributed by atoms with van der Waals surface area (Å²) in [4.78, 5) is 0. The van der Waals surface area contributed by atoms with Crippen molar-refractivity contribution in [1.82, 2.24) is 0 Å². The van der Waals surface area contributed by atoms with Crippen molar-refractivity contribution >= 4 is 16.2 Å². The molecule has 0 spiro atoms. The molecule has 10 heteroatoms. The predicted molar refractivity (Wildman–Crippen MR) is 241 cm³/mol. The first-order valence-electron chi connectivity index (χ1n) is 19.4. The molecule has 298 valence electrons. The van der Waals surface area contributed by atoms with Gasteiger partial charge >= 0.3 is 16.2 Å². The van der Waals surface area contributed by atoms with Crippen LogP contribution in [-0.4, -0.2) is 0 Å². The molecular weight excluding hydrogens is 787 g/mol. The Morgan fingerprint density at radius 3 is 0.583 bits per heavy atom. The van der Waals surface area contributed by atoms with Crippen molar-refractivity contribution in [2.75, 3.05) is 0 Å². The summed E-state index contributed by atoms with van der Waals surface area (Å²) in [5.41, 5.74) is 1.61. The molecular formula is C50H42N2O6P2. The maximum Gasteiger partial charge on any atom is 0.475 e. The van der Waals surface area contributed by atoms with E-state index in [0.717, 1.165) is 11.1 Å². The Morgan fingerprint density at radius 2 is 0.400 bits per heavy atom. The molecule has 0 aliphatic carbocycles. The number of para-hydroxylation sites is 6. The molecule has 8 rings (SSSR count). The highest BCUT2D eigenvalue weighted by atomic mass is 31.2. The van der Waals surface area contributed by atoms with Crippen LogP contribution in [0.5, 0.6) is 34.5 Å². The minimum atomic E-state index is -3.87. The van der Waals surface area contributed by atoms with Gasteiger partial charge in [-0.1, -0.05) is 193 Å². The first kappa shape index (κ1) is 40.1. The standard InChI is InChI=1S/C50H42N2O6P2/c1-9-25-41(26-10-1)49(51-59(53-43-29-13-3-14-30-43,54-44-31-15-4-16-32-44)55-45-33-17-5-18-34-45)50(42-27-11-2-12-28-42)52-60(56-46-35-19-6-20-36-46,57-47-37-21-7-22-38-47)58-48-39-23-8-24-40-48/h1-40,49-50H. The lowest BCUT2D eigenvalue weighted by molar-refractivity contribution is 0.353. The van der Waals surface area contributed by atoms with Crippen LogP contribution in [0.2, 0.25) is 0 Å². The van der Waals surface area contributed by atoms with Crippen molar-refractivity contribution in [2.24, 2.45) is 0 Å². The third kappa shape index (κ3) is 10.9. The van der Waals surface area contributed by atoms with E-state index >= 15 is 0 Å². The molecule has 0 aliphatic heterocycles. The van der Waals surface area contributed by atoms with Crippen LogP contribution in [0, 0.1) is 0 Å². The van der Waals surface area contributed by atoms with Crippen LogP contribution in [0.15, 0.2) is 243 Å². The summed E-state index contributed by atoms with van der Waals surface area (Å²) in [7, 11) is -7.74. The van der Waals surface area contributed by atoms with E-state index in [1.54, 1.807) is 0 Å². The van der Waals surface area contributed by atoms with Gasteiger partial charge in [0.05, 0.1) is 0 Å². The van der Waals surface area contributed by atoms with Gasteiger partial charge in [-0.3, -0.25) is 27.1 Å². The third-order valence-corrected chi connectivity index (χ3v) is 12.6. The van der Waals surface area contributed by atoms with E-state index in [-0.39, 0.29) is 0 Å². The molecule has 2 atom stereocenters. The van der Waals surface area contributed by atoms with Crippen LogP contribution in [0.3, 0.4) is 0 Å². The lowest BCUT2D eigenvalue weighted by Gasteiger charge is -2.47. The second kappa shape index (κ2) is 19.9. The van der Waals surface area contributed by atoms with Gasteiger partial charge in [0.2, 0.25) is 0 Å². The van der Waals surface area contributed by atoms with E-state index in [1.165, 1.54) is 0 Å². The predicted octanol–water partition coefficient (Wildman–Crippen LogP) is 15.0. The summed E-state index contributed by atoms with van der Waals surface area (Å²) in [5.74, 6) is 3.06. The Labute approximate surface area is 352 Å². The summed E-state index contributed by atoms with van der Waals surface area (Å²) in [6, 6.07) is 74.7. The summed E-state index contributed by atoms with van der Waals surface area (Å²) in [5, 5.41) is 11.3. The second-order valence-electron chi connectivity index (χ2n) is 13.3. The maximum atomic E-state index is 6.94. The van der Waals surface area contributed by atoms with Crippen LogP contribution in [-0.2, 0) is 0 Å². The van der Waals surface area contributed by atoms with E-state index in [0.29, 0.717) is 34.5 Å². The minimum absolute atomic E-state index is 0.510. The quantitative estimate of drug-likeness (QED) is 0.0755. The van der Waals surface area contributed by atoms with Crippen LogP contribution in [0.25, 0.3) is 10.2 Å². The van der Waals surface area contributed by atoms with Gasteiger partial charge in [-0.05, 0) is 72.8 Å². The van der Waals surface area contributed by atoms with Crippen LogP contribution in [0.1, 0.15) is 23.2 Å². The maximum absolute atomic E-state index is 6.94. The molecule has 0 aliphatic rings. The highest BCUT2D eigenvalue weighted by Gasteiger charge is 2.47. The zero-order chi connectivity index (χ0) is 40.7. The van der Waals surface area contributed by atoms with Gasteiger partial charge in [-0.15, -0.1) is 0 Å². The van der Waals surface area contributed by atoms with E-state index in [9.17, 15) is 0 Å². The second-order valence-corrected chi connectivity index (χ2v) is 16.7. The van der Waals surface area contributed by atoms with Gasteiger partial charge in [0.25, 0.3) is 0 Å². The largest absolute Gasteiger partial charge is 0.475 e. The molecule has 0 radical (unpaired) electrons. The number of rotatable bonds is 19. The molecule has 0 N–H and O–H groups in total. The molecule has 0 fully saturated rings. The molecule has 8 aromatic rings. The van der Waals surface area contributed by atoms with Crippen molar-refractivity contribution in [2.45, 2.75) is 12.1 Å². The Balaban J connectivity index is 1.33. The Bertz CT molecular complexity index is 2070. The van der Waals surface area contributed by atoms with Crippen LogP contribution in [0.4, 0.5) is 0 Å². The lowest BCUT2D eigenvalue weighted by Crippen LogP contribution is -2.22. The van der Waals surface area contributed by atoms with Crippen molar-refractivity contribution in [1.29, 1.82) is 0 Å².